The molecule has 1 aromatic heterocycles. The summed E-state index contributed by atoms with van der Waals surface area (Å²) < 4.78 is 0. The first kappa shape index (κ1) is 17.3. The number of nitrogens with one attached hydrogen (secondary N) is 1. The van der Waals surface area contributed by atoms with Gasteiger partial charge in [0.05, 0.1) is 0 Å². The van der Waals surface area contributed by atoms with Crippen LogP contribution in [0.15, 0.2) is 18.5 Å². The lowest BCUT2D eigenvalue weighted by Gasteiger charge is -2.30. The number of anilines is 1. The van der Waals surface area contributed by atoms with Crippen LogP contribution in [0.2, 0.25) is 0 Å². The van der Waals surface area contributed by atoms with Crippen LogP contribution < -0.4 is 10.2 Å². The molecule has 0 radical (unpaired) electrons. The largest absolute Gasteiger partial charge is 0.370 e. The van der Waals surface area contributed by atoms with Gasteiger partial charge in [-0.25, -0.2) is 0 Å². The fraction of sp³-hybridized carbons (Fsp3) is 0.688. The first-order valence-corrected chi connectivity index (χ1v) is 8.84. The van der Waals surface area contributed by atoms with E-state index < -0.39 is 0 Å². The Labute approximate surface area is 128 Å². The van der Waals surface area contributed by atoms with Crippen LogP contribution in [-0.4, -0.2) is 36.6 Å². The van der Waals surface area contributed by atoms with Crippen LogP contribution in [0.25, 0.3) is 0 Å². The van der Waals surface area contributed by atoms with E-state index in [0.717, 1.165) is 18.8 Å². The lowest BCUT2D eigenvalue weighted by Crippen LogP contribution is -2.34. The molecule has 1 heterocycles. The van der Waals surface area contributed by atoms with E-state index in [1.165, 1.54) is 17.7 Å². The van der Waals surface area contributed by atoms with E-state index in [-0.39, 0.29) is 0 Å². The van der Waals surface area contributed by atoms with Crippen molar-refractivity contribution in [2.75, 3.05) is 30.5 Å². The Morgan fingerprint density at radius 3 is 2.75 bits per heavy atom. The second-order valence-corrected chi connectivity index (χ2v) is 6.57. The summed E-state index contributed by atoms with van der Waals surface area (Å²) in [5.74, 6) is 1.83. The smallest absolute Gasteiger partial charge is 0.0443 e. The van der Waals surface area contributed by atoms with Crippen molar-refractivity contribution in [2.45, 2.75) is 39.8 Å². The molecule has 1 rings (SSSR count). The van der Waals surface area contributed by atoms with Crippen molar-refractivity contribution in [3.05, 3.63) is 24.0 Å². The molecule has 1 atom stereocenters. The molecule has 0 aliphatic heterocycles. The molecule has 4 heteroatoms. The number of thioether (sulfide) groups is 1. The molecule has 0 aromatic carbocycles. The summed E-state index contributed by atoms with van der Waals surface area (Å²) >= 11 is 1.91. The molecule has 0 bridgehead atoms. The highest BCUT2D eigenvalue weighted by Crippen LogP contribution is 2.22. The van der Waals surface area contributed by atoms with Crippen LogP contribution in [-0.2, 0) is 6.54 Å². The average Bonchev–Trinajstić information content (AvgIpc) is 2.44. The molecule has 1 unspecified atom stereocenters. The standard InChI is InChI=1S/C16H29N3S/c1-6-15(12-20-5)19(4)16-7-8-17-10-14(16)11-18-9-13(2)3/h7-8,10,13,15,18H,6,9,11-12H2,1-5H3. The van der Waals surface area contributed by atoms with Crippen LogP contribution in [0.5, 0.6) is 0 Å². The Balaban J connectivity index is 2.77. The van der Waals surface area contributed by atoms with Crippen LogP contribution >= 0.6 is 11.8 Å². The molecule has 114 valence electrons. The Bertz CT molecular complexity index is 382. The third-order valence-corrected chi connectivity index (χ3v) is 4.22. The first-order chi connectivity index (χ1) is 9.60. The van der Waals surface area contributed by atoms with Crippen molar-refractivity contribution in [2.24, 2.45) is 5.92 Å². The third kappa shape index (κ3) is 5.33. The van der Waals surface area contributed by atoms with Gasteiger partial charge in [-0.1, -0.05) is 20.8 Å². The third-order valence-electron chi connectivity index (χ3n) is 3.50. The minimum absolute atomic E-state index is 0.580. The summed E-state index contributed by atoms with van der Waals surface area (Å²) in [7, 11) is 2.20. The average molecular weight is 295 g/mol. The van der Waals surface area contributed by atoms with E-state index >= 15 is 0 Å². The molecule has 20 heavy (non-hydrogen) atoms. The molecular weight excluding hydrogens is 266 g/mol. The number of rotatable bonds is 9. The molecule has 0 fully saturated rings. The molecule has 0 aliphatic rings. The molecule has 3 nitrogen and oxygen atoms in total. The van der Waals surface area contributed by atoms with Gasteiger partial charge < -0.3 is 10.2 Å². The number of hydrogen-bond donors (Lipinski definition) is 1. The predicted molar refractivity (Wildman–Crippen MR) is 91.6 cm³/mol. The van der Waals surface area contributed by atoms with Crippen molar-refractivity contribution in [3.8, 4) is 0 Å². The van der Waals surface area contributed by atoms with Crippen molar-refractivity contribution in [3.63, 3.8) is 0 Å². The normalized spacial score (nSPS) is 12.7. The Kier molecular flexibility index (Phi) is 8.00. The van der Waals surface area contributed by atoms with E-state index in [9.17, 15) is 0 Å². The van der Waals surface area contributed by atoms with Gasteiger partial charge in [0.25, 0.3) is 0 Å². The topological polar surface area (TPSA) is 28.2 Å². The second kappa shape index (κ2) is 9.24. The molecule has 0 saturated heterocycles. The molecule has 0 amide bonds. The Hall–Kier alpha value is -0.740. The Morgan fingerprint density at radius 2 is 2.15 bits per heavy atom. The maximum atomic E-state index is 4.28. The summed E-state index contributed by atoms with van der Waals surface area (Å²) in [6, 6.07) is 2.71. The molecule has 1 aromatic rings. The monoisotopic (exact) mass is 295 g/mol. The summed E-state index contributed by atoms with van der Waals surface area (Å²) in [6.45, 7) is 8.65. The highest BCUT2D eigenvalue weighted by molar-refractivity contribution is 7.98. The lowest BCUT2D eigenvalue weighted by atomic mass is 10.1. The van der Waals surface area contributed by atoms with E-state index in [4.69, 9.17) is 0 Å². The summed E-state index contributed by atoms with van der Waals surface area (Å²) in [5, 5.41) is 3.51. The second-order valence-electron chi connectivity index (χ2n) is 5.66. The van der Waals surface area contributed by atoms with E-state index in [0.29, 0.717) is 12.0 Å². The van der Waals surface area contributed by atoms with E-state index in [2.05, 4.69) is 55.3 Å². The number of nitrogens with zero attached hydrogens (tertiary/aromatic N) is 2. The molecule has 0 aliphatic carbocycles. The van der Waals surface area contributed by atoms with Gasteiger partial charge >= 0.3 is 0 Å². The fourth-order valence-electron chi connectivity index (χ4n) is 2.29. The van der Waals surface area contributed by atoms with Crippen LogP contribution in [0.3, 0.4) is 0 Å². The molecular formula is C16H29N3S. The maximum Gasteiger partial charge on any atom is 0.0443 e. The van der Waals surface area contributed by atoms with Gasteiger partial charge in [0.2, 0.25) is 0 Å². The zero-order valence-electron chi connectivity index (χ0n) is 13.5. The van der Waals surface area contributed by atoms with Gasteiger partial charge in [-0.05, 0) is 31.2 Å². The van der Waals surface area contributed by atoms with Gasteiger partial charge in [-0.3, -0.25) is 4.98 Å². The predicted octanol–water partition coefficient (Wildman–Crippen LogP) is 3.41. The highest BCUT2D eigenvalue weighted by Gasteiger charge is 2.15. The maximum absolute atomic E-state index is 4.28. The van der Waals surface area contributed by atoms with Gasteiger partial charge in [0.1, 0.15) is 0 Å². The molecule has 0 saturated carbocycles. The molecule has 0 spiro atoms. The lowest BCUT2D eigenvalue weighted by molar-refractivity contribution is 0.550. The van der Waals surface area contributed by atoms with Crippen molar-refractivity contribution in [1.29, 1.82) is 0 Å². The van der Waals surface area contributed by atoms with Crippen molar-refractivity contribution >= 4 is 17.4 Å². The van der Waals surface area contributed by atoms with Crippen LogP contribution in [0, 0.1) is 5.92 Å². The van der Waals surface area contributed by atoms with Gasteiger partial charge in [-0.15, -0.1) is 0 Å². The van der Waals surface area contributed by atoms with Crippen molar-refractivity contribution < 1.29 is 0 Å². The van der Waals surface area contributed by atoms with E-state index in [1.54, 1.807) is 0 Å². The van der Waals surface area contributed by atoms with Crippen LogP contribution in [0.1, 0.15) is 32.8 Å². The zero-order chi connectivity index (χ0) is 15.0. The SMILES string of the molecule is CCC(CSC)N(C)c1ccncc1CNCC(C)C. The van der Waals surface area contributed by atoms with Gasteiger partial charge in [0, 0.05) is 49.0 Å². The summed E-state index contributed by atoms with van der Waals surface area (Å²) in [4.78, 5) is 6.69. The summed E-state index contributed by atoms with van der Waals surface area (Å²) in [5.41, 5.74) is 2.59. The number of aromatic nitrogens is 1. The summed E-state index contributed by atoms with van der Waals surface area (Å²) in [6.07, 6.45) is 7.22. The first-order valence-electron chi connectivity index (χ1n) is 7.45. The highest BCUT2D eigenvalue weighted by atomic mass is 32.2. The van der Waals surface area contributed by atoms with E-state index in [1.807, 2.05) is 24.2 Å². The Morgan fingerprint density at radius 1 is 1.40 bits per heavy atom. The number of hydrogen-bond acceptors (Lipinski definition) is 4. The van der Waals surface area contributed by atoms with Crippen molar-refractivity contribution in [1.82, 2.24) is 10.3 Å². The fourth-order valence-corrected chi connectivity index (χ4v) is 3.13. The zero-order valence-corrected chi connectivity index (χ0v) is 14.3. The minimum Gasteiger partial charge on any atom is -0.370 e. The molecule has 1 N–H and O–H groups in total. The van der Waals surface area contributed by atoms with Gasteiger partial charge in [0.15, 0.2) is 0 Å². The quantitative estimate of drug-likeness (QED) is 0.756. The van der Waals surface area contributed by atoms with Gasteiger partial charge in [-0.2, -0.15) is 11.8 Å². The number of pyridine rings is 1. The minimum atomic E-state index is 0.580. The van der Waals surface area contributed by atoms with Crippen LogP contribution in [0.4, 0.5) is 5.69 Å².